The van der Waals surface area contributed by atoms with Crippen LogP contribution in [0.15, 0.2) is 103 Å². The maximum Gasteiger partial charge on any atom is 0.338 e. The summed E-state index contributed by atoms with van der Waals surface area (Å²) >= 11 is 1.42. The lowest BCUT2D eigenvalue weighted by Crippen LogP contribution is -2.48. The van der Waals surface area contributed by atoms with Crippen LogP contribution in [0.3, 0.4) is 0 Å². The van der Waals surface area contributed by atoms with Crippen molar-refractivity contribution < 1.29 is 33.3 Å². The highest BCUT2D eigenvalue weighted by Gasteiger charge is 2.45. The van der Waals surface area contributed by atoms with Gasteiger partial charge in [-0.15, -0.1) is 11.3 Å². The molecule has 7 nitrogen and oxygen atoms in total. The molecule has 0 saturated carbocycles. The summed E-state index contributed by atoms with van der Waals surface area (Å²) in [5.74, 6) is -0.847. The third-order valence-corrected chi connectivity index (χ3v) is 9.38. The normalized spacial score (nSPS) is 19.4. The van der Waals surface area contributed by atoms with Crippen molar-refractivity contribution in [3.63, 3.8) is 0 Å². The Morgan fingerprint density at radius 3 is 2.09 bits per heavy atom. The topological polar surface area (TPSA) is 88.1 Å². The molecule has 1 saturated heterocycles. The van der Waals surface area contributed by atoms with Gasteiger partial charge in [-0.05, 0) is 78.4 Å². The van der Waals surface area contributed by atoms with Crippen molar-refractivity contribution >= 4 is 39.1 Å². The maximum atomic E-state index is 14.0. The van der Waals surface area contributed by atoms with Gasteiger partial charge in [-0.1, -0.05) is 61.5 Å². The molecular formula is C38H34O7S. The number of aryl methyl sites for hydroxylation is 1. The van der Waals surface area contributed by atoms with E-state index in [-0.39, 0.29) is 11.9 Å². The largest absolute Gasteiger partial charge is 0.496 e. The van der Waals surface area contributed by atoms with Gasteiger partial charge in [-0.3, -0.25) is 4.79 Å². The number of thiophene rings is 1. The Bertz CT molecular complexity index is 1830. The summed E-state index contributed by atoms with van der Waals surface area (Å²) in [6, 6.07) is 30.7. The molecule has 4 atom stereocenters. The van der Waals surface area contributed by atoms with E-state index in [1.807, 2.05) is 56.3 Å². The number of carbonyl (C=O) groups excluding carboxylic acids is 3. The Balaban J connectivity index is 1.42. The van der Waals surface area contributed by atoms with Gasteiger partial charge in [0.15, 0.2) is 6.10 Å². The fraction of sp³-hybridized carbons (Fsp3) is 0.237. The molecule has 2 heterocycles. The monoisotopic (exact) mass is 634 g/mol. The summed E-state index contributed by atoms with van der Waals surface area (Å²) in [6.45, 7) is 3.89. The van der Waals surface area contributed by atoms with Crippen molar-refractivity contribution in [1.29, 1.82) is 0 Å². The minimum absolute atomic E-state index is 0.188. The molecule has 0 aliphatic carbocycles. The van der Waals surface area contributed by atoms with E-state index in [0.29, 0.717) is 45.7 Å². The molecular weight excluding hydrogens is 600 g/mol. The van der Waals surface area contributed by atoms with E-state index in [2.05, 4.69) is 0 Å². The van der Waals surface area contributed by atoms with Gasteiger partial charge < -0.3 is 18.9 Å². The lowest BCUT2D eigenvalue weighted by atomic mass is 9.88. The third kappa shape index (κ3) is 6.45. The summed E-state index contributed by atoms with van der Waals surface area (Å²) in [4.78, 5) is 41.4. The van der Waals surface area contributed by atoms with Crippen LogP contribution < -0.4 is 4.74 Å². The van der Waals surface area contributed by atoms with E-state index in [0.717, 1.165) is 15.6 Å². The molecule has 8 heteroatoms. The molecule has 1 aliphatic heterocycles. The SMILES string of the molecule is CC[C@@H]1C[C@H](OC(=O)c2ccccc2)[C@@H](OC(=O)c2ccccc2)[C@H](c2cc(C(=O)c3cc4ccccc4s3)c(OC)cc2C)O1. The van der Waals surface area contributed by atoms with Gasteiger partial charge in [-0.2, -0.15) is 0 Å². The smallest absolute Gasteiger partial charge is 0.338 e. The molecule has 0 spiro atoms. The zero-order chi connectivity index (χ0) is 32.2. The summed E-state index contributed by atoms with van der Waals surface area (Å²) in [7, 11) is 1.53. The Morgan fingerprint density at radius 2 is 1.46 bits per heavy atom. The second-order valence-electron chi connectivity index (χ2n) is 11.3. The summed E-state index contributed by atoms with van der Waals surface area (Å²) in [5, 5.41) is 0.986. The van der Waals surface area contributed by atoms with E-state index in [9.17, 15) is 14.4 Å². The lowest BCUT2D eigenvalue weighted by molar-refractivity contribution is -0.174. The number of ketones is 1. The van der Waals surface area contributed by atoms with Crippen LogP contribution in [0.5, 0.6) is 5.75 Å². The van der Waals surface area contributed by atoms with E-state index >= 15 is 0 Å². The number of benzene rings is 4. The molecule has 0 N–H and O–H groups in total. The molecule has 0 bridgehead atoms. The van der Waals surface area contributed by atoms with Gasteiger partial charge in [0.05, 0.1) is 34.8 Å². The van der Waals surface area contributed by atoms with Crippen LogP contribution in [-0.4, -0.2) is 43.1 Å². The highest BCUT2D eigenvalue weighted by molar-refractivity contribution is 7.21. The molecule has 5 aromatic rings. The van der Waals surface area contributed by atoms with Crippen LogP contribution in [0.4, 0.5) is 0 Å². The fourth-order valence-electron chi connectivity index (χ4n) is 5.82. The van der Waals surface area contributed by atoms with Crippen molar-refractivity contribution in [2.24, 2.45) is 0 Å². The fourth-order valence-corrected chi connectivity index (χ4v) is 6.83. The Labute approximate surface area is 271 Å². The average molecular weight is 635 g/mol. The van der Waals surface area contributed by atoms with Crippen molar-refractivity contribution in [1.82, 2.24) is 0 Å². The summed E-state index contributed by atoms with van der Waals surface area (Å²) in [5.41, 5.74) is 2.54. The van der Waals surface area contributed by atoms with Crippen molar-refractivity contribution in [3.8, 4) is 5.75 Å². The number of rotatable bonds is 9. The number of carbonyl (C=O) groups is 3. The minimum atomic E-state index is -0.998. The third-order valence-electron chi connectivity index (χ3n) is 8.26. The molecule has 234 valence electrons. The van der Waals surface area contributed by atoms with Crippen LogP contribution >= 0.6 is 11.3 Å². The standard InChI is InChI=1S/C38H34O7S/c1-4-27-21-31(44-37(40)24-13-7-5-8-14-24)36(45-38(41)25-15-9-6-10-16-25)35(43-27)28-22-29(30(42-3)19-23(28)2)34(39)33-20-26-17-11-12-18-32(26)46-33/h5-20,22,27,31,35-36H,4,21H2,1-3H3/t27-,31+,35+,36-/m1/s1. The van der Waals surface area contributed by atoms with Crippen LogP contribution in [0.1, 0.15) is 72.9 Å². The number of ether oxygens (including phenoxy) is 4. The molecule has 6 rings (SSSR count). The quantitative estimate of drug-likeness (QED) is 0.119. The number of esters is 2. The van der Waals surface area contributed by atoms with Gasteiger partial charge in [-0.25, -0.2) is 9.59 Å². The van der Waals surface area contributed by atoms with Crippen LogP contribution in [-0.2, 0) is 14.2 Å². The Hall–Kier alpha value is -4.79. The van der Waals surface area contributed by atoms with Crippen LogP contribution in [0.25, 0.3) is 10.1 Å². The highest BCUT2D eigenvalue weighted by atomic mass is 32.1. The van der Waals surface area contributed by atoms with Gasteiger partial charge >= 0.3 is 11.9 Å². The molecule has 46 heavy (non-hydrogen) atoms. The maximum absolute atomic E-state index is 14.0. The second kappa shape index (κ2) is 13.7. The Morgan fingerprint density at radius 1 is 0.826 bits per heavy atom. The molecule has 0 amide bonds. The lowest BCUT2D eigenvalue weighted by Gasteiger charge is -2.41. The first-order chi connectivity index (χ1) is 22.4. The van der Waals surface area contributed by atoms with E-state index in [1.54, 1.807) is 60.7 Å². The summed E-state index contributed by atoms with van der Waals surface area (Å²) in [6.07, 6.45) is -1.97. The zero-order valence-corrected chi connectivity index (χ0v) is 26.6. The number of hydrogen-bond acceptors (Lipinski definition) is 8. The van der Waals surface area contributed by atoms with Gasteiger partial charge in [0.2, 0.25) is 5.78 Å². The highest BCUT2D eigenvalue weighted by Crippen LogP contribution is 2.41. The zero-order valence-electron chi connectivity index (χ0n) is 25.8. The first-order valence-electron chi connectivity index (χ1n) is 15.3. The molecule has 1 aromatic heterocycles. The van der Waals surface area contributed by atoms with Crippen molar-refractivity contribution in [2.45, 2.75) is 51.1 Å². The van der Waals surface area contributed by atoms with Crippen molar-refractivity contribution in [3.05, 3.63) is 136 Å². The van der Waals surface area contributed by atoms with Gasteiger partial charge in [0.25, 0.3) is 0 Å². The Kier molecular flexibility index (Phi) is 9.28. The first-order valence-corrected chi connectivity index (χ1v) is 16.1. The number of hydrogen-bond donors (Lipinski definition) is 0. The van der Waals surface area contributed by atoms with E-state index in [4.69, 9.17) is 18.9 Å². The van der Waals surface area contributed by atoms with E-state index in [1.165, 1.54) is 18.4 Å². The minimum Gasteiger partial charge on any atom is -0.496 e. The average Bonchev–Trinajstić information content (AvgIpc) is 3.54. The molecule has 0 unspecified atom stereocenters. The van der Waals surface area contributed by atoms with E-state index < -0.39 is 30.3 Å². The predicted octanol–water partition coefficient (Wildman–Crippen LogP) is 8.14. The van der Waals surface area contributed by atoms with Gasteiger partial charge in [0.1, 0.15) is 18.0 Å². The van der Waals surface area contributed by atoms with Crippen LogP contribution in [0, 0.1) is 6.92 Å². The first kappa shape index (κ1) is 31.2. The molecule has 4 aromatic carbocycles. The molecule has 0 radical (unpaired) electrons. The molecule has 1 fully saturated rings. The van der Waals surface area contributed by atoms with Crippen molar-refractivity contribution in [2.75, 3.05) is 7.11 Å². The van der Waals surface area contributed by atoms with Gasteiger partial charge in [0, 0.05) is 11.1 Å². The number of methoxy groups -OCH3 is 1. The molecule has 1 aliphatic rings. The van der Waals surface area contributed by atoms with Crippen LogP contribution in [0.2, 0.25) is 0 Å². The summed E-state index contributed by atoms with van der Waals surface area (Å²) < 4.78 is 25.6. The number of fused-ring (bicyclic) bond motifs is 1. The second-order valence-corrected chi connectivity index (χ2v) is 12.3. The predicted molar refractivity (Wildman–Crippen MR) is 177 cm³/mol.